The minimum Gasteiger partial charge on any atom is -0.329 e. The van der Waals surface area contributed by atoms with Crippen molar-refractivity contribution in [3.05, 3.63) is 42.1 Å². The largest absolute Gasteiger partial charge is 0.329 e. The van der Waals surface area contributed by atoms with Crippen molar-refractivity contribution >= 4 is 50.2 Å². The third-order valence-corrected chi connectivity index (χ3v) is 6.99. The molecule has 0 saturated heterocycles. The van der Waals surface area contributed by atoms with Gasteiger partial charge in [0.1, 0.15) is 4.34 Å². The Balaban J connectivity index is 1.84. The van der Waals surface area contributed by atoms with Gasteiger partial charge in [-0.15, -0.1) is 22.7 Å². The Labute approximate surface area is 140 Å². The second kappa shape index (κ2) is 6.46. The third-order valence-electron chi connectivity index (χ3n) is 3.55. The first-order valence-corrected chi connectivity index (χ1v) is 9.48. The third kappa shape index (κ3) is 3.29. The van der Waals surface area contributed by atoms with Crippen molar-refractivity contribution in [2.45, 2.75) is 31.5 Å². The summed E-state index contributed by atoms with van der Waals surface area (Å²) in [6, 6.07) is 7.36. The number of nitrogens with zero attached hydrogens (tertiary/aromatic N) is 1. The van der Waals surface area contributed by atoms with E-state index in [0.717, 1.165) is 15.4 Å². The van der Waals surface area contributed by atoms with Crippen molar-refractivity contribution in [2.75, 3.05) is 6.54 Å². The summed E-state index contributed by atoms with van der Waals surface area (Å²) in [6.07, 6.45) is 2.56. The summed E-state index contributed by atoms with van der Waals surface area (Å²) in [6.45, 7) is 1.61. The standard InChI is InChI=1S/C14H16BrClN2S2/c15-11-6-13(20-14(11)16)12(7-17)18(9-3-4-9)8-10-2-1-5-19-10/h1-2,5-6,9,12H,3-4,7-8,17H2. The second-order valence-electron chi connectivity index (χ2n) is 5.00. The highest BCUT2D eigenvalue weighted by Gasteiger charge is 2.35. The van der Waals surface area contributed by atoms with Crippen LogP contribution in [0.25, 0.3) is 0 Å². The molecule has 20 heavy (non-hydrogen) atoms. The first kappa shape index (κ1) is 15.0. The second-order valence-corrected chi connectivity index (χ2v) is 8.58. The van der Waals surface area contributed by atoms with E-state index >= 15 is 0 Å². The van der Waals surface area contributed by atoms with E-state index in [9.17, 15) is 0 Å². The SMILES string of the molecule is NCC(c1cc(Br)c(Cl)s1)N(Cc1cccs1)C1CC1. The quantitative estimate of drug-likeness (QED) is 0.759. The van der Waals surface area contributed by atoms with E-state index in [-0.39, 0.29) is 6.04 Å². The van der Waals surface area contributed by atoms with Gasteiger partial charge in [0.15, 0.2) is 0 Å². The summed E-state index contributed by atoms with van der Waals surface area (Å²) >= 11 is 13.1. The lowest BCUT2D eigenvalue weighted by molar-refractivity contribution is 0.186. The lowest BCUT2D eigenvalue weighted by Gasteiger charge is -2.30. The molecule has 2 aromatic rings. The molecular formula is C14H16BrClN2S2. The van der Waals surface area contributed by atoms with Gasteiger partial charge in [-0.1, -0.05) is 17.7 Å². The number of hydrogen-bond donors (Lipinski definition) is 1. The molecule has 0 amide bonds. The molecule has 2 aromatic heterocycles. The minimum absolute atomic E-state index is 0.262. The first-order valence-electron chi connectivity index (χ1n) is 6.62. The van der Waals surface area contributed by atoms with Crippen LogP contribution in [0.3, 0.4) is 0 Å². The van der Waals surface area contributed by atoms with Crippen molar-refractivity contribution in [3.8, 4) is 0 Å². The van der Waals surface area contributed by atoms with E-state index in [1.165, 1.54) is 22.6 Å². The molecular weight excluding hydrogens is 376 g/mol. The zero-order valence-electron chi connectivity index (χ0n) is 10.9. The summed E-state index contributed by atoms with van der Waals surface area (Å²) in [4.78, 5) is 5.20. The monoisotopic (exact) mass is 390 g/mol. The number of hydrogen-bond acceptors (Lipinski definition) is 4. The average molecular weight is 392 g/mol. The van der Waals surface area contributed by atoms with Crippen molar-refractivity contribution in [3.63, 3.8) is 0 Å². The molecule has 1 unspecified atom stereocenters. The van der Waals surface area contributed by atoms with Crippen LogP contribution in [-0.2, 0) is 6.54 Å². The Kier molecular flexibility index (Phi) is 4.85. The molecule has 2 N–H and O–H groups in total. The maximum Gasteiger partial charge on any atom is 0.107 e. The van der Waals surface area contributed by atoms with Crippen LogP contribution in [0, 0.1) is 0 Å². The fourth-order valence-electron chi connectivity index (χ4n) is 2.42. The Morgan fingerprint density at radius 1 is 1.50 bits per heavy atom. The maximum atomic E-state index is 6.19. The van der Waals surface area contributed by atoms with Crippen molar-refractivity contribution < 1.29 is 0 Å². The number of nitrogens with two attached hydrogens (primary N) is 1. The Morgan fingerprint density at radius 3 is 2.80 bits per heavy atom. The summed E-state index contributed by atoms with van der Waals surface area (Å²) < 4.78 is 1.79. The Morgan fingerprint density at radius 2 is 2.30 bits per heavy atom. The molecule has 3 rings (SSSR count). The number of halogens is 2. The molecule has 1 fully saturated rings. The van der Waals surface area contributed by atoms with Crippen LogP contribution in [0.1, 0.15) is 28.6 Å². The van der Waals surface area contributed by atoms with E-state index in [0.29, 0.717) is 12.6 Å². The van der Waals surface area contributed by atoms with Crippen LogP contribution in [0.2, 0.25) is 4.34 Å². The molecule has 1 aliphatic carbocycles. The van der Waals surface area contributed by atoms with Crippen LogP contribution < -0.4 is 5.73 Å². The molecule has 1 atom stereocenters. The van der Waals surface area contributed by atoms with Crippen molar-refractivity contribution in [1.82, 2.24) is 4.90 Å². The molecule has 0 spiro atoms. The van der Waals surface area contributed by atoms with Gasteiger partial charge in [-0.25, -0.2) is 0 Å². The maximum absolute atomic E-state index is 6.19. The molecule has 2 heterocycles. The molecule has 0 radical (unpaired) electrons. The molecule has 1 aliphatic rings. The van der Waals surface area contributed by atoms with Gasteiger partial charge >= 0.3 is 0 Å². The highest BCUT2D eigenvalue weighted by atomic mass is 79.9. The van der Waals surface area contributed by atoms with Gasteiger partial charge in [0.25, 0.3) is 0 Å². The van der Waals surface area contributed by atoms with Crippen LogP contribution in [-0.4, -0.2) is 17.5 Å². The van der Waals surface area contributed by atoms with Crippen molar-refractivity contribution in [2.24, 2.45) is 5.73 Å². The molecule has 1 saturated carbocycles. The molecule has 0 aliphatic heterocycles. The highest BCUT2D eigenvalue weighted by molar-refractivity contribution is 9.10. The molecule has 2 nitrogen and oxygen atoms in total. The van der Waals surface area contributed by atoms with Gasteiger partial charge in [-0.2, -0.15) is 0 Å². The van der Waals surface area contributed by atoms with Crippen LogP contribution in [0.15, 0.2) is 28.1 Å². The normalized spacial score (nSPS) is 16.8. The fraction of sp³-hybridized carbons (Fsp3) is 0.429. The van der Waals surface area contributed by atoms with Crippen LogP contribution in [0.4, 0.5) is 0 Å². The summed E-state index contributed by atoms with van der Waals surface area (Å²) in [7, 11) is 0. The Hall–Kier alpha value is 0.0900. The van der Waals surface area contributed by atoms with Crippen LogP contribution >= 0.6 is 50.2 Å². The van der Waals surface area contributed by atoms with E-state index in [2.05, 4.69) is 44.4 Å². The Bertz CT molecular complexity index is 546. The van der Waals surface area contributed by atoms with Gasteiger partial charge in [0, 0.05) is 33.4 Å². The first-order chi connectivity index (χ1) is 9.69. The van der Waals surface area contributed by atoms with E-state index in [1.807, 2.05) is 11.3 Å². The predicted octanol–water partition coefficient (Wildman–Crippen LogP) is 4.89. The summed E-state index contributed by atoms with van der Waals surface area (Å²) in [5, 5.41) is 2.14. The number of thiophene rings is 2. The van der Waals surface area contributed by atoms with E-state index < -0.39 is 0 Å². The number of rotatable bonds is 6. The van der Waals surface area contributed by atoms with Gasteiger partial charge in [0.2, 0.25) is 0 Å². The van der Waals surface area contributed by atoms with Gasteiger partial charge in [-0.05, 0) is 46.3 Å². The van der Waals surface area contributed by atoms with E-state index in [1.54, 1.807) is 11.3 Å². The predicted molar refractivity (Wildman–Crippen MR) is 91.7 cm³/mol. The van der Waals surface area contributed by atoms with Crippen molar-refractivity contribution in [1.29, 1.82) is 0 Å². The zero-order valence-corrected chi connectivity index (χ0v) is 14.9. The molecule has 0 aromatic carbocycles. The molecule has 108 valence electrons. The minimum atomic E-state index is 0.262. The lowest BCUT2D eigenvalue weighted by atomic mass is 10.2. The molecule has 6 heteroatoms. The topological polar surface area (TPSA) is 29.3 Å². The van der Waals surface area contributed by atoms with Crippen LogP contribution in [0.5, 0.6) is 0 Å². The highest BCUT2D eigenvalue weighted by Crippen LogP contribution is 2.41. The fourth-order valence-corrected chi connectivity index (χ4v) is 5.01. The molecule has 0 bridgehead atoms. The van der Waals surface area contributed by atoms with Gasteiger partial charge < -0.3 is 5.73 Å². The average Bonchev–Trinajstić information content (AvgIpc) is 3.05. The lowest BCUT2D eigenvalue weighted by Crippen LogP contribution is -2.34. The smallest absolute Gasteiger partial charge is 0.107 e. The summed E-state index contributed by atoms with van der Waals surface area (Å²) in [5.74, 6) is 0. The zero-order chi connectivity index (χ0) is 14.1. The summed E-state index contributed by atoms with van der Waals surface area (Å²) in [5.41, 5.74) is 6.07. The van der Waals surface area contributed by atoms with E-state index in [4.69, 9.17) is 17.3 Å². The van der Waals surface area contributed by atoms with Gasteiger partial charge in [-0.3, -0.25) is 4.90 Å². The van der Waals surface area contributed by atoms with Gasteiger partial charge in [0.05, 0.1) is 6.04 Å².